The SMILES string of the molecule is Cc1cc(-c2ccc(C(F)(F)F)cc2NC(=O)C(C)C)nnc1N[C@@H]1CCCN(C(C)C)C1. The Bertz CT molecular complexity index is 991. The molecule has 0 spiro atoms. The molecule has 2 heterocycles. The first-order valence-corrected chi connectivity index (χ1v) is 11.3. The van der Waals surface area contributed by atoms with E-state index in [4.69, 9.17) is 0 Å². The van der Waals surface area contributed by atoms with Gasteiger partial charge in [-0.1, -0.05) is 19.9 Å². The molecule has 0 radical (unpaired) electrons. The average molecular weight is 464 g/mol. The summed E-state index contributed by atoms with van der Waals surface area (Å²) in [6.45, 7) is 11.6. The van der Waals surface area contributed by atoms with Gasteiger partial charge in [-0.3, -0.25) is 9.69 Å². The van der Waals surface area contributed by atoms with Crippen molar-refractivity contribution in [2.24, 2.45) is 5.92 Å². The van der Waals surface area contributed by atoms with E-state index in [-0.39, 0.29) is 23.6 Å². The Hall–Kier alpha value is -2.68. The van der Waals surface area contributed by atoms with Crippen LogP contribution in [-0.2, 0) is 11.0 Å². The van der Waals surface area contributed by atoms with E-state index in [9.17, 15) is 18.0 Å². The number of likely N-dealkylation sites (tertiary alicyclic amines) is 1. The number of hydrogen-bond acceptors (Lipinski definition) is 5. The van der Waals surface area contributed by atoms with Crippen LogP contribution < -0.4 is 10.6 Å². The number of aromatic nitrogens is 2. The average Bonchev–Trinajstić information content (AvgIpc) is 2.74. The van der Waals surface area contributed by atoms with E-state index in [1.54, 1.807) is 19.9 Å². The summed E-state index contributed by atoms with van der Waals surface area (Å²) < 4.78 is 39.8. The molecule has 1 aliphatic heterocycles. The van der Waals surface area contributed by atoms with Crippen molar-refractivity contribution in [1.82, 2.24) is 15.1 Å². The fraction of sp³-hybridized carbons (Fsp3) is 0.542. The molecule has 1 amide bonds. The second-order valence-corrected chi connectivity index (χ2v) is 9.24. The predicted octanol–water partition coefficient (Wildman–Crippen LogP) is 5.35. The van der Waals surface area contributed by atoms with Crippen molar-refractivity contribution in [2.75, 3.05) is 23.7 Å². The first kappa shape index (κ1) is 25.0. The van der Waals surface area contributed by atoms with E-state index in [2.05, 4.69) is 39.6 Å². The number of anilines is 2. The van der Waals surface area contributed by atoms with Crippen LogP contribution >= 0.6 is 0 Å². The first-order valence-electron chi connectivity index (χ1n) is 11.3. The van der Waals surface area contributed by atoms with E-state index in [1.165, 1.54) is 6.07 Å². The lowest BCUT2D eigenvalue weighted by atomic mass is 10.0. The maximum absolute atomic E-state index is 13.3. The molecule has 1 aliphatic rings. The van der Waals surface area contributed by atoms with Gasteiger partial charge in [-0.15, -0.1) is 10.2 Å². The number of amides is 1. The van der Waals surface area contributed by atoms with Crippen LogP contribution in [0.1, 0.15) is 51.7 Å². The number of benzene rings is 1. The van der Waals surface area contributed by atoms with E-state index in [0.29, 0.717) is 23.1 Å². The zero-order chi connectivity index (χ0) is 24.3. The van der Waals surface area contributed by atoms with Crippen molar-refractivity contribution in [2.45, 2.75) is 65.7 Å². The summed E-state index contributed by atoms with van der Waals surface area (Å²) in [5.41, 5.74) is 0.863. The van der Waals surface area contributed by atoms with Gasteiger partial charge < -0.3 is 10.6 Å². The number of halogens is 3. The largest absolute Gasteiger partial charge is 0.416 e. The molecule has 1 aromatic carbocycles. The van der Waals surface area contributed by atoms with Gasteiger partial charge in [0.25, 0.3) is 0 Å². The topological polar surface area (TPSA) is 70.1 Å². The van der Waals surface area contributed by atoms with Gasteiger partial charge in [0.15, 0.2) is 5.82 Å². The molecule has 1 saturated heterocycles. The van der Waals surface area contributed by atoms with Crippen LogP contribution in [-0.4, -0.2) is 46.2 Å². The molecule has 6 nitrogen and oxygen atoms in total. The summed E-state index contributed by atoms with van der Waals surface area (Å²) in [5, 5.41) is 14.7. The molecule has 1 atom stereocenters. The highest BCUT2D eigenvalue weighted by Gasteiger charge is 2.31. The summed E-state index contributed by atoms with van der Waals surface area (Å²) >= 11 is 0. The number of nitrogens with zero attached hydrogens (tertiary/aromatic N) is 3. The van der Waals surface area contributed by atoms with E-state index < -0.39 is 11.7 Å². The summed E-state index contributed by atoms with van der Waals surface area (Å²) in [7, 11) is 0. The number of carbonyl (C=O) groups is 1. The number of rotatable bonds is 6. The lowest BCUT2D eigenvalue weighted by Crippen LogP contribution is -2.45. The molecule has 0 bridgehead atoms. The molecule has 0 unspecified atom stereocenters. The molecule has 2 aromatic rings. The third-order valence-electron chi connectivity index (χ3n) is 5.91. The number of aryl methyl sites for hydroxylation is 1. The Morgan fingerprint density at radius 2 is 1.88 bits per heavy atom. The highest BCUT2D eigenvalue weighted by atomic mass is 19.4. The second kappa shape index (κ2) is 10.1. The Morgan fingerprint density at radius 3 is 2.48 bits per heavy atom. The number of nitrogens with one attached hydrogen (secondary N) is 2. The molecule has 0 aliphatic carbocycles. The van der Waals surface area contributed by atoms with Crippen molar-refractivity contribution < 1.29 is 18.0 Å². The summed E-state index contributed by atoms with van der Waals surface area (Å²) in [6, 6.07) is 5.78. The standard InChI is InChI=1S/C24H32F3N5O/c1-14(2)23(33)29-20-12-17(24(25,26)27)8-9-19(20)21-11-16(5)22(31-30-21)28-18-7-6-10-32(13-18)15(3)4/h8-9,11-12,14-15,18H,6-7,10,13H2,1-5H3,(H,28,31)(H,29,33)/t18-/m1/s1. The Balaban J connectivity index is 1.88. The molecule has 1 fully saturated rings. The van der Waals surface area contributed by atoms with Crippen LogP contribution in [0.5, 0.6) is 0 Å². The van der Waals surface area contributed by atoms with Gasteiger partial charge in [0.1, 0.15) is 0 Å². The molecule has 3 rings (SSSR count). The first-order chi connectivity index (χ1) is 15.5. The lowest BCUT2D eigenvalue weighted by molar-refractivity contribution is -0.137. The molecule has 9 heteroatoms. The zero-order valence-electron chi connectivity index (χ0n) is 19.8. The van der Waals surface area contributed by atoms with E-state index >= 15 is 0 Å². The van der Waals surface area contributed by atoms with Gasteiger partial charge in [0, 0.05) is 30.1 Å². The molecule has 0 saturated carbocycles. The summed E-state index contributed by atoms with van der Waals surface area (Å²) in [6.07, 6.45) is -2.38. The van der Waals surface area contributed by atoms with Gasteiger partial charge in [-0.2, -0.15) is 13.2 Å². The third-order valence-corrected chi connectivity index (χ3v) is 5.91. The van der Waals surface area contributed by atoms with Crippen molar-refractivity contribution >= 4 is 17.4 Å². The molecular weight excluding hydrogens is 431 g/mol. The Morgan fingerprint density at radius 1 is 1.15 bits per heavy atom. The van der Waals surface area contributed by atoms with Crippen LogP contribution in [0.4, 0.5) is 24.7 Å². The highest BCUT2D eigenvalue weighted by Crippen LogP contribution is 2.36. The summed E-state index contributed by atoms with van der Waals surface area (Å²) in [5.74, 6) is -0.0905. The zero-order valence-corrected chi connectivity index (χ0v) is 19.8. The normalized spacial score (nSPS) is 17.5. The number of carbonyl (C=O) groups excluding carboxylic acids is 1. The molecule has 180 valence electrons. The number of alkyl halides is 3. The van der Waals surface area contributed by atoms with Crippen LogP contribution in [0.2, 0.25) is 0 Å². The molecule has 2 N–H and O–H groups in total. The lowest BCUT2D eigenvalue weighted by Gasteiger charge is -2.36. The van der Waals surface area contributed by atoms with Crippen molar-refractivity contribution in [3.05, 3.63) is 35.4 Å². The monoisotopic (exact) mass is 463 g/mol. The van der Waals surface area contributed by atoms with Gasteiger partial charge >= 0.3 is 6.18 Å². The Kier molecular flexibility index (Phi) is 7.62. The second-order valence-electron chi connectivity index (χ2n) is 9.24. The molecule has 1 aromatic heterocycles. The van der Waals surface area contributed by atoms with Gasteiger partial charge in [-0.25, -0.2) is 0 Å². The number of hydrogen-bond donors (Lipinski definition) is 2. The minimum Gasteiger partial charge on any atom is -0.364 e. The summed E-state index contributed by atoms with van der Waals surface area (Å²) in [4.78, 5) is 14.7. The van der Waals surface area contributed by atoms with Crippen LogP contribution in [0.15, 0.2) is 24.3 Å². The number of piperidine rings is 1. The Labute approximate surface area is 193 Å². The van der Waals surface area contributed by atoms with Crippen molar-refractivity contribution in [3.63, 3.8) is 0 Å². The van der Waals surface area contributed by atoms with E-state index in [1.807, 2.05) is 6.92 Å². The third kappa shape index (κ3) is 6.22. The fourth-order valence-electron chi connectivity index (χ4n) is 3.87. The van der Waals surface area contributed by atoms with Gasteiger partial charge in [0.2, 0.25) is 5.91 Å². The van der Waals surface area contributed by atoms with Crippen molar-refractivity contribution in [1.29, 1.82) is 0 Å². The maximum Gasteiger partial charge on any atom is 0.416 e. The minimum atomic E-state index is -4.52. The van der Waals surface area contributed by atoms with Crippen LogP contribution in [0.3, 0.4) is 0 Å². The van der Waals surface area contributed by atoms with Crippen LogP contribution in [0.25, 0.3) is 11.3 Å². The quantitative estimate of drug-likeness (QED) is 0.604. The minimum absolute atomic E-state index is 0.0674. The fourth-order valence-corrected chi connectivity index (χ4v) is 3.87. The molecular formula is C24H32F3N5O. The molecule has 33 heavy (non-hydrogen) atoms. The van der Waals surface area contributed by atoms with Crippen molar-refractivity contribution in [3.8, 4) is 11.3 Å². The maximum atomic E-state index is 13.3. The van der Waals surface area contributed by atoms with Gasteiger partial charge in [0.05, 0.1) is 16.9 Å². The highest BCUT2D eigenvalue weighted by molar-refractivity contribution is 5.96. The van der Waals surface area contributed by atoms with Gasteiger partial charge in [-0.05, 0) is 63.9 Å². The van der Waals surface area contributed by atoms with E-state index in [0.717, 1.165) is 43.6 Å². The smallest absolute Gasteiger partial charge is 0.364 e. The predicted molar refractivity (Wildman–Crippen MR) is 124 cm³/mol. The van der Waals surface area contributed by atoms with Crippen LogP contribution in [0, 0.1) is 12.8 Å².